The molecule has 2 amide bonds. The summed E-state index contributed by atoms with van der Waals surface area (Å²) in [6.45, 7) is 1.38. The standard InChI is InChI=1S/C19H22N4O7S/c24-16(30-11-14-2-1-9-29-14)10-15-18(26)20-7-8-22(15)19(31)21-17(25)12-3-5-13(6-4-12)23(27)28/h3-6,14-15H,1-2,7-11H2,(H,20,26)(H,21,25,31)/t14-,15+/m1/s1. The highest BCUT2D eigenvalue weighted by Gasteiger charge is 2.34. The average Bonchev–Trinajstić information content (AvgIpc) is 3.27. The Bertz CT molecular complexity index is 871. The topological polar surface area (TPSA) is 140 Å². The first-order chi connectivity index (χ1) is 14.8. The quantitative estimate of drug-likeness (QED) is 0.275. The van der Waals surface area contributed by atoms with Crippen LogP contribution in [0.1, 0.15) is 29.6 Å². The van der Waals surface area contributed by atoms with Gasteiger partial charge >= 0.3 is 5.97 Å². The molecule has 12 heteroatoms. The zero-order valence-electron chi connectivity index (χ0n) is 16.6. The van der Waals surface area contributed by atoms with Gasteiger partial charge in [-0.2, -0.15) is 0 Å². The van der Waals surface area contributed by atoms with E-state index < -0.39 is 28.7 Å². The zero-order valence-corrected chi connectivity index (χ0v) is 17.4. The van der Waals surface area contributed by atoms with Crippen LogP contribution in [0.15, 0.2) is 24.3 Å². The van der Waals surface area contributed by atoms with Crippen molar-refractivity contribution in [3.8, 4) is 0 Å². The van der Waals surface area contributed by atoms with Crippen LogP contribution in [-0.4, -0.2) is 71.2 Å². The molecular formula is C19H22N4O7S. The van der Waals surface area contributed by atoms with Gasteiger partial charge in [0.05, 0.1) is 17.4 Å². The van der Waals surface area contributed by atoms with Gasteiger partial charge in [-0.1, -0.05) is 0 Å². The van der Waals surface area contributed by atoms with Crippen LogP contribution in [0, 0.1) is 10.1 Å². The van der Waals surface area contributed by atoms with Gasteiger partial charge in [-0.15, -0.1) is 0 Å². The fourth-order valence-electron chi connectivity index (χ4n) is 3.31. The monoisotopic (exact) mass is 450 g/mol. The molecule has 0 saturated carbocycles. The zero-order chi connectivity index (χ0) is 22.4. The van der Waals surface area contributed by atoms with Gasteiger partial charge in [0, 0.05) is 37.4 Å². The summed E-state index contributed by atoms with van der Waals surface area (Å²) in [5.41, 5.74) is 0.0235. The van der Waals surface area contributed by atoms with Gasteiger partial charge in [-0.3, -0.25) is 29.8 Å². The molecule has 2 atom stereocenters. The van der Waals surface area contributed by atoms with Gasteiger partial charge in [-0.05, 0) is 37.2 Å². The molecule has 2 aliphatic rings. The highest BCUT2D eigenvalue weighted by molar-refractivity contribution is 7.80. The van der Waals surface area contributed by atoms with Crippen molar-refractivity contribution >= 4 is 40.8 Å². The van der Waals surface area contributed by atoms with E-state index in [9.17, 15) is 24.5 Å². The minimum Gasteiger partial charge on any atom is -0.463 e. The van der Waals surface area contributed by atoms with Crippen molar-refractivity contribution in [1.82, 2.24) is 15.5 Å². The number of nitrogens with one attached hydrogen (secondary N) is 2. The van der Waals surface area contributed by atoms with Crippen LogP contribution in [0.25, 0.3) is 0 Å². The lowest BCUT2D eigenvalue weighted by molar-refractivity contribution is -0.384. The number of rotatable bonds is 6. The van der Waals surface area contributed by atoms with Gasteiger partial charge in [0.2, 0.25) is 5.91 Å². The minimum absolute atomic E-state index is 0.0184. The summed E-state index contributed by atoms with van der Waals surface area (Å²) < 4.78 is 10.6. The van der Waals surface area contributed by atoms with Gasteiger partial charge in [0.25, 0.3) is 11.6 Å². The van der Waals surface area contributed by atoms with E-state index in [1.165, 1.54) is 29.2 Å². The third-order valence-corrected chi connectivity index (χ3v) is 5.30. The molecule has 3 rings (SSSR count). The van der Waals surface area contributed by atoms with E-state index in [1.807, 2.05) is 0 Å². The van der Waals surface area contributed by atoms with Crippen LogP contribution in [0.3, 0.4) is 0 Å². The highest BCUT2D eigenvalue weighted by atomic mass is 32.1. The molecule has 0 spiro atoms. The summed E-state index contributed by atoms with van der Waals surface area (Å²) in [6.07, 6.45) is 1.39. The molecule has 0 bridgehead atoms. The number of hydrogen-bond donors (Lipinski definition) is 2. The first-order valence-corrected chi connectivity index (χ1v) is 10.2. The van der Waals surface area contributed by atoms with Crippen molar-refractivity contribution < 1.29 is 28.8 Å². The summed E-state index contributed by atoms with van der Waals surface area (Å²) in [6, 6.07) is 4.10. The number of carbonyl (C=O) groups excluding carboxylic acids is 3. The summed E-state index contributed by atoms with van der Waals surface area (Å²) >= 11 is 5.29. The Morgan fingerprint density at radius 2 is 2.10 bits per heavy atom. The maximum atomic E-state index is 12.4. The molecule has 2 saturated heterocycles. The molecule has 166 valence electrons. The Morgan fingerprint density at radius 1 is 1.35 bits per heavy atom. The first-order valence-electron chi connectivity index (χ1n) is 9.76. The molecule has 2 heterocycles. The molecule has 1 aromatic rings. The lowest BCUT2D eigenvalue weighted by atomic mass is 10.1. The summed E-state index contributed by atoms with van der Waals surface area (Å²) in [5, 5.41) is 15.9. The molecule has 0 radical (unpaired) electrons. The maximum Gasteiger partial charge on any atom is 0.308 e. The van der Waals surface area contributed by atoms with Gasteiger partial charge < -0.3 is 19.7 Å². The predicted molar refractivity (Wildman–Crippen MR) is 111 cm³/mol. The number of hydrogen-bond acceptors (Lipinski definition) is 8. The molecule has 2 fully saturated rings. The lowest BCUT2D eigenvalue weighted by Gasteiger charge is -2.36. The van der Waals surface area contributed by atoms with E-state index in [4.69, 9.17) is 21.7 Å². The summed E-state index contributed by atoms with van der Waals surface area (Å²) in [7, 11) is 0. The fourth-order valence-corrected chi connectivity index (χ4v) is 3.63. The van der Waals surface area contributed by atoms with E-state index in [0.717, 1.165) is 12.8 Å². The predicted octanol–water partition coefficient (Wildman–Crippen LogP) is 0.522. The lowest BCUT2D eigenvalue weighted by Crippen LogP contribution is -2.60. The normalized spacial score (nSPS) is 20.6. The molecule has 31 heavy (non-hydrogen) atoms. The fraction of sp³-hybridized carbons (Fsp3) is 0.474. The average molecular weight is 450 g/mol. The molecule has 1 aromatic carbocycles. The van der Waals surface area contributed by atoms with Crippen LogP contribution in [0.5, 0.6) is 0 Å². The molecule has 2 N–H and O–H groups in total. The van der Waals surface area contributed by atoms with E-state index in [0.29, 0.717) is 19.7 Å². The second-order valence-corrected chi connectivity index (χ2v) is 7.47. The molecule has 2 aliphatic heterocycles. The molecular weight excluding hydrogens is 428 g/mol. The number of nitrogens with zero attached hydrogens (tertiary/aromatic N) is 2. The molecule has 0 aliphatic carbocycles. The number of carbonyl (C=O) groups is 3. The first kappa shape index (κ1) is 22.6. The van der Waals surface area contributed by atoms with Crippen LogP contribution in [-0.2, 0) is 19.1 Å². The van der Waals surface area contributed by atoms with E-state index >= 15 is 0 Å². The van der Waals surface area contributed by atoms with E-state index in [2.05, 4.69) is 10.6 Å². The Labute approximate surface area is 183 Å². The van der Waals surface area contributed by atoms with Gasteiger partial charge in [0.1, 0.15) is 12.6 Å². The highest BCUT2D eigenvalue weighted by Crippen LogP contribution is 2.15. The van der Waals surface area contributed by atoms with Crippen LogP contribution < -0.4 is 10.6 Å². The van der Waals surface area contributed by atoms with Gasteiger partial charge in [-0.25, -0.2) is 0 Å². The van der Waals surface area contributed by atoms with Crippen molar-refractivity contribution in [3.05, 3.63) is 39.9 Å². The number of esters is 1. The maximum absolute atomic E-state index is 12.4. The number of benzene rings is 1. The van der Waals surface area contributed by atoms with E-state index in [-0.39, 0.29) is 35.5 Å². The van der Waals surface area contributed by atoms with Crippen LogP contribution in [0.2, 0.25) is 0 Å². The van der Waals surface area contributed by atoms with Crippen molar-refractivity contribution in [2.24, 2.45) is 0 Å². The second-order valence-electron chi connectivity index (χ2n) is 7.09. The summed E-state index contributed by atoms with van der Waals surface area (Å²) in [4.78, 5) is 48.7. The Kier molecular flexibility index (Phi) is 7.47. The number of piperazine rings is 1. The third-order valence-electron chi connectivity index (χ3n) is 4.97. The van der Waals surface area contributed by atoms with Crippen LogP contribution >= 0.6 is 12.2 Å². The summed E-state index contributed by atoms with van der Waals surface area (Å²) in [5.74, 6) is -1.54. The second kappa shape index (κ2) is 10.3. The van der Waals surface area contributed by atoms with Crippen molar-refractivity contribution in [1.29, 1.82) is 0 Å². The largest absolute Gasteiger partial charge is 0.463 e. The molecule has 11 nitrogen and oxygen atoms in total. The molecule has 0 unspecified atom stereocenters. The number of nitro groups is 1. The number of nitro benzene ring substituents is 1. The molecule has 0 aromatic heterocycles. The SMILES string of the molecule is O=C(C[C@H]1C(=O)NCCN1C(=S)NC(=O)c1ccc([N+](=O)[O-])cc1)OC[C@H]1CCCO1. The number of thiocarbonyl (C=S) groups is 1. The Morgan fingerprint density at radius 3 is 2.74 bits per heavy atom. The minimum atomic E-state index is -0.921. The van der Waals surface area contributed by atoms with Crippen molar-refractivity contribution in [2.75, 3.05) is 26.3 Å². The number of amides is 2. The smallest absolute Gasteiger partial charge is 0.308 e. The Balaban J connectivity index is 1.59. The van der Waals surface area contributed by atoms with E-state index in [1.54, 1.807) is 0 Å². The van der Waals surface area contributed by atoms with Crippen molar-refractivity contribution in [3.63, 3.8) is 0 Å². The number of non-ortho nitro benzene ring substituents is 1. The number of ether oxygens (including phenoxy) is 2. The van der Waals surface area contributed by atoms with Crippen LogP contribution in [0.4, 0.5) is 5.69 Å². The van der Waals surface area contributed by atoms with Gasteiger partial charge in [0.15, 0.2) is 5.11 Å². The third kappa shape index (κ3) is 5.95. The van der Waals surface area contributed by atoms with Crippen molar-refractivity contribution in [2.45, 2.75) is 31.4 Å². The Hall–Kier alpha value is -3.12.